The minimum absolute atomic E-state index is 0.00190. The summed E-state index contributed by atoms with van der Waals surface area (Å²) in [5, 5.41) is 1.62. The molecule has 3 aliphatic carbocycles. The van der Waals surface area contributed by atoms with Gasteiger partial charge in [-0.2, -0.15) is 0 Å². The Morgan fingerprint density at radius 1 is 0.691 bits per heavy atom. The minimum atomic E-state index is -2.78. The average Bonchev–Trinajstić information content (AvgIpc) is 3.91. The largest absolute Gasteiger partial charge is 0.457 e. The molecule has 0 N–H and O–H groups in total. The first-order valence-electron chi connectivity index (χ1n) is 30.2. The van der Waals surface area contributed by atoms with Gasteiger partial charge >= 0.3 is 0 Å². The zero-order chi connectivity index (χ0) is 56.3. The first-order valence-corrected chi connectivity index (χ1v) is 25.2. The zero-order valence-electron chi connectivity index (χ0n) is 51.7. The van der Waals surface area contributed by atoms with Crippen molar-refractivity contribution in [2.24, 2.45) is 45.8 Å². The molecule has 3 aliphatic rings. The Morgan fingerprint density at radius 2 is 1.46 bits per heavy atom. The highest BCUT2D eigenvalue weighted by Gasteiger charge is 2.48. The smallest absolute Gasteiger partial charge is 0.145 e. The van der Waals surface area contributed by atoms with Crippen molar-refractivity contribution in [1.29, 1.82) is 0 Å². The van der Waals surface area contributed by atoms with E-state index >= 15 is 0 Å². The number of pyridine rings is 2. The second-order valence-electron chi connectivity index (χ2n) is 23.4. The third-order valence-electron chi connectivity index (χ3n) is 16.6. The fourth-order valence-electron chi connectivity index (χ4n) is 14.1. The summed E-state index contributed by atoms with van der Waals surface area (Å²) in [5.41, 5.74) is 7.28. The first kappa shape index (κ1) is 35.8. The second-order valence-corrected chi connectivity index (χ2v) is 23.4. The number of hydrogen-bond donors (Lipinski definition) is 0. The summed E-state index contributed by atoms with van der Waals surface area (Å²) in [5.74, 6) is 2.30. The average molecular weight is 915 g/mol. The van der Waals surface area contributed by atoms with Crippen LogP contribution in [0.4, 0.5) is 0 Å². The number of benzene rings is 4. The molecule has 4 aromatic carbocycles. The van der Waals surface area contributed by atoms with Gasteiger partial charge < -0.3 is 9.15 Å². The number of aromatic nitrogens is 2. The van der Waals surface area contributed by atoms with Gasteiger partial charge in [0.15, 0.2) is 0 Å². The summed E-state index contributed by atoms with van der Waals surface area (Å²) in [6.07, 6.45) is 13.0. The van der Waals surface area contributed by atoms with E-state index < -0.39 is 20.6 Å². The Bertz CT molecular complexity index is 3390. The van der Waals surface area contributed by atoms with Crippen LogP contribution in [0.25, 0.3) is 55.6 Å². The molecule has 0 radical (unpaired) electrons. The van der Waals surface area contributed by atoms with E-state index in [2.05, 4.69) is 66.4 Å². The third kappa shape index (κ3) is 8.95. The van der Waals surface area contributed by atoms with Crippen molar-refractivity contribution < 1.29 is 22.9 Å². The summed E-state index contributed by atoms with van der Waals surface area (Å²) >= 11 is 0. The molecule has 4 nitrogen and oxygen atoms in total. The minimum Gasteiger partial charge on any atom is -0.457 e. The van der Waals surface area contributed by atoms with Gasteiger partial charge in [-0.3, -0.25) is 9.97 Å². The van der Waals surface area contributed by atoms with Crippen molar-refractivity contribution >= 4 is 21.9 Å². The maximum atomic E-state index is 9.95. The van der Waals surface area contributed by atoms with Gasteiger partial charge in [0.2, 0.25) is 0 Å². The van der Waals surface area contributed by atoms with Crippen molar-refractivity contribution in [3.8, 4) is 45.1 Å². The van der Waals surface area contributed by atoms with Crippen LogP contribution in [-0.4, -0.2) is 9.97 Å². The van der Waals surface area contributed by atoms with Gasteiger partial charge in [-0.25, -0.2) is 0 Å². The second kappa shape index (κ2) is 17.6. The molecule has 10 rings (SSSR count). The van der Waals surface area contributed by atoms with Crippen molar-refractivity contribution in [1.82, 2.24) is 9.97 Å². The highest BCUT2D eigenvalue weighted by atomic mass is 16.5. The number of rotatable bonds is 8. The normalized spacial score (nSPS) is 28.4. The molecule has 0 saturated heterocycles. The van der Waals surface area contributed by atoms with Crippen LogP contribution < -0.4 is 4.74 Å². The molecule has 0 bridgehead atoms. The maximum absolute atomic E-state index is 9.95. The van der Waals surface area contributed by atoms with Crippen LogP contribution in [0.5, 0.6) is 11.5 Å². The van der Waals surface area contributed by atoms with E-state index in [1.165, 1.54) is 24.5 Å². The molecule has 3 saturated carbocycles. The predicted octanol–water partition coefficient (Wildman–Crippen LogP) is 18.5. The van der Waals surface area contributed by atoms with Gasteiger partial charge in [-0.05, 0) is 231 Å². The van der Waals surface area contributed by atoms with Crippen molar-refractivity contribution in [3.63, 3.8) is 0 Å². The molecular formula is C64H76N2O2. The lowest BCUT2D eigenvalue weighted by molar-refractivity contribution is -0.0239. The van der Waals surface area contributed by atoms with E-state index in [1.54, 1.807) is 24.3 Å². The van der Waals surface area contributed by atoms with Crippen molar-refractivity contribution in [2.75, 3.05) is 0 Å². The quantitative estimate of drug-likeness (QED) is 0.152. The van der Waals surface area contributed by atoms with E-state index in [9.17, 15) is 1.37 Å². The molecule has 6 atom stereocenters. The molecular weight excluding hydrogens is 829 g/mol. The van der Waals surface area contributed by atoms with Gasteiger partial charge in [0, 0.05) is 48.0 Å². The van der Waals surface area contributed by atoms with Crippen LogP contribution in [-0.2, 0) is 0 Å². The van der Waals surface area contributed by atoms with Gasteiger partial charge in [0.1, 0.15) is 22.7 Å². The Balaban J connectivity index is 1.02. The van der Waals surface area contributed by atoms with Crippen LogP contribution >= 0.6 is 0 Å². The van der Waals surface area contributed by atoms with Gasteiger partial charge in [0.25, 0.3) is 0 Å². The summed E-state index contributed by atoms with van der Waals surface area (Å²) in [6.45, 7) is 12.9. The van der Waals surface area contributed by atoms with E-state index in [0.717, 1.165) is 73.0 Å². The zero-order valence-corrected chi connectivity index (χ0v) is 41.7. The Labute approximate surface area is 421 Å². The molecule has 3 aromatic heterocycles. The van der Waals surface area contributed by atoms with Crippen LogP contribution in [0.15, 0.2) is 102 Å². The summed E-state index contributed by atoms with van der Waals surface area (Å²) in [6, 6.07) is 25.5. The van der Waals surface area contributed by atoms with Crippen molar-refractivity contribution in [3.05, 3.63) is 131 Å². The molecule has 68 heavy (non-hydrogen) atoms. The first-order chi connectivity index (χ1) is 36.3. The lowest BCUT2D eigenvalue weighted by Crippen LogP contribution is -2.43. The molecule has 3 fully saturated rings. The molecule has 4 heteroatoms. The number of aryl methyl sites for hydroxylation is 4. The molecule has 6 unspecified atom stereocenters. The number of ether oxygens (including phenoxy) is 1. The van der Waals surface area contributed by atoms with Gasteiger partial charge in [-0.15, -0.1) is 0 Å². The molecule has 354 valence electrons. The highest BCUT2D eigenvalue weighted by molar-refractivity contribution is 6.10. The van der Waals surface area contributed by atoms with Gasteiger partial charge in [-0.1, -0.05) is 90.9 Å². The Hall–Kier alpha value is -5.22. The SMILES string of the molecule is [2H]C([2H])([2H])c1cnc(-c2cc(Oc3cc(-c4cc(C5CCC(C)(C6CCC(C7([2H])CC(C)(C)CC(C)(C)C7)CC6C)CC5C)c(C)cn4)c4oc5cc(C)ccc5c4c3)c(C([2H])([2H])[2H])c(-c3ccccc3)c2)cc1C([2H])([2H])[2H]. The van der Waals surface area contributed by atoms with E-state index in [-0.39, 0.29) is 50.3 Å². The van der Waals surface area contributed by atoms with E-state index in [0.29, 0.717) is 74.5 Å². The fourth-order valence-corrected chi connectivity index (χ4v) is 14.1. The van der Waals surface area contributed by atoms with Gasteiger partial charge in [0.05, 0.1) is 11.4 Å². The Kier molecular flexibility index (Phi) is 9.29. The van der Waals surface area contributed by atoms with E-state index in [4.69, 9.17) is 26.5 Å². The van der Waals surface area contributed by atoms with Crippen LogP contribution in [0.1, 0.15) is 159 Å². The van der Waals surface area contributed by atoms with E-state index in [1.807, 2.05) is 61.7 Å². The summed E-state index contributed by atoms with van der Waals surface area (Å²) in [4.78, 5) is 9.58. The third-order valence-corrected chi connectivity index (χ3v) is 16.6. The van der Waals surface area contributed by atoms with Crippen LogP contribution in [0.2, 0.25) is 0 Å². The summed E-state index contributed by atoms with van der Waals surface area (Å²) < 4.78 is 99.7. The van der Waals surface area contributed by atoms with Crippen LogP contribution in [0, 0.1) is 80.2 Å². The molecule has 0 spiro atoms. The molecule has 0 aliphatic heterocycles. The highest BCUT2D eigenvalue weighted by Crippen LogP contribution is 2.59. The number of furan rings is 1. The van der Waals surface area contributed by atoms with Crippen molar-refractivity contribution in [2.45, 2.75) is 147 Å². The standard InChI is InChI=1S/C64H76N2O2/c1-38-18-20-51-54-29-49(67-59-28-47(57-26-39(2)42(5)35-65-57)27-53(44(59)7)45-16-14-13-15-17-45)30-55(61(54)68-60(51)24-38)58-31-52(43(6)36-66-58)50-22-23-64(12,32-41(50)4)56-21-19-46(25-40(56)3)48-33-62(8,9)37-63(10,11)34-48/h13-18,20,24,26-31,35-36,40-41,46,48,50,56H,19,21-23,25,32-34,37H2,1-12H3/i2D3,5D3,7D3,48D. The Morgan fingerprint density at radius 3 is 2.19 bits per heavy atom. The monoisotopic (exact) mass is 915 g/mol. The number of fused-ring (bicyclic) bond motifs is 3. The maximum Gasteiger partial charge on any atom is 0.145 e. The molecule has 7 aromatic rings. The molecule has 0 amide bonds. The number of hydrogen-bond acceptors (Lipinski definition) is 4. The topological polar surface area (TPSA) is 48.2 Å². The molecule has 3 heterocycles. The summed E-state index contributed by atoms with van der Waals surface area (Å²) in [7, 11) is 0. The number of nitrogens with zero attached hydrogens (tertiary/aromatic N) is 2. The van der Waals surface area contributed by atoms with Crippen LogP contribution in [0.3, 0.4) is 0 Å². The fraction of sp³-hybridized carbons (Fsp3) is 0.469. The lowest BCUT2D eigenvalue weighted by Gasteiger charge is -2.53. The lowest BCUT2D eigenvalue weighted by atomic mass is 9.52. The predicted molar refractivity (Wildman–Crippen MR) is 285 cm³/mol.